The van der Waals surface area contributed by atoms with Crippen LogP contribution in [-0.4, -0.2) is 52.4 Å². The minimum Gasteiger partial charge on any atom is -0.366 e. The molecule has 2 N–H and O–H groups in total. The van der Waals surface area contributed by atoms with Gasteiger partial charge in [0.1, 0.15) is 6.10 Å². The van der Waals surface area contributed by atoms with Gasteiger partial charge in [0.15, 0.2) is 0 Å². The minimum absolute atomic E-state index is 0.192. The lowest BCUT2D eigenvalue weighted by molar-refractivity contribution is -0.128. The number of ether oxygens (including phenoxy) is 1. The van der Waals surface area contributed by atoms with Crippen LogP contribution in [0.4, 0.5) is 11.4 Å². The lowest BCUT2D eigenvalue weighted by Gasteiger charge is -2.23. The molecular formula is C14H19N3O4S. The molecule has 120 valence electrons. The average Bonchev–Trinajstić information content (AvgIpc) is 2.88. The summed E-state index contributed by atoms with van der Waals surface area (Å²) in [6.07, 6.45) is 0.153. The van der Waals surface area contributed by atoms with Crippen molar-refractivity contribution in [3.05, 3.63) is 24.3 Å². The highest BCUT2D eigenvalue weighted by Gasteiger charge is 2.28. The molecule has 2 aliphatic heterocycles. The molecule has 0 radical (unpaired) electrons. The van der Waals surface area contributed by atoms with Crippen LogP contribution in [0.1, 0.15) is 6.42 Å². The molecule has 2 heterocycles. The number of nitrogens with one attached hydrogen (secondary N) is 2. The van der Waals surface area contributed by atoms with Gasteiger partial charge < -0.3 is 15.4 Å². The van der Waals surface area contributed by atoms with Gasteiger partial charge in [-0.25, -0.2) is 8.42 Å². The zero-order valence-electron chi connectivity index (χ0n) is 12.1. The monoisotopic (exact) mass is 325 g/mol. The number of benzene rings is 1. The Hall–Kier alpha value is -1.64. The molecule has 22 heavy (non-hydrogen) atoms. The van der Waals surface area contributed by atoms with Gasteiger partial charge in [0, 0.05) is 25.3 Å². The Bertz CT molecular complexity index is 639. The van der Waals surface area contributed by atoms with Crippen LogP contribution >= 0.6 is 0 Å². The highest BCUT2D eigenvalue weighted by atomic mass is 32.2. The quantitative estimate of drug-likeness (QED) is 0.826. The first-order valence-corrected chi connectivity index (χ1v) is 8.91. The van der Waals surface area contributed by atoms with Crippen molar-refractivity contribution in [3.8, 4) is 0 Å². The van der Waals surface area contributed by atoms with E-state index in [9.17, 15) is 13.2 Å². The van der Waals surface area contributed by atoms with Crippen molar-refractivity contribution in [2.75, 3.05) is 41.6 Å². The molecule has 0 aromatic heterocycles. The lowest BCUT2D eigenvalue weighted by atomic mass is 10.2. The number of amides is 1. The zero-order chi connectivity index (χ0) is 15.6. The van der Waals surface area contributed by atoms with Gasteiger partial charge in [0.2, 0.25) is 10.0 Å². The Balaban J connectivity index is 1.65. The highest BCUT2D eigenvalue weighted by molar-refractivity contribution is 7.93. The van der Waals surface area contributed by atoms with Crippen molar-refractivity contribution in [2.45, 2.75) is 12.5 Å². The predicted octanol–water partition coefficient (Wildman–Crippen LogP) is 0.153. The third-order valence-electron chi connectivity index (χ3n) is 3.74. The van der Waals surface area contributed by atoms with Gasteiger partial charge in [-0.2, -0.15) is 0 Å². The van der Waals surface area contributed by atoms with Crippen LogP contribution in [0.3, 0.4) is 0 Å². The molecular weight excluding hydrogens is 306 g/mol. The molecule has 1 aromatic rings. The Morgan fingerprint density at radius 2 is 2.09 bits per heavy atom. The molecule has 1 atom stereocenters. The predicted molar refractivity (Wildman–Crippen MR) is 83.4 cm³/mol. The summed E-state index contributed by atoms with van der Waals surface area (Å²) >= 11 is 0. The van der Waals surface area contributed by atoms with Crippen LogP contribution in [-0.2, 0) is 19.6 Å². The van der Waals surface area contributed by atoms with Gasteiger partial charge >= 0.3 is 0 Å². The topological polar surface area (TPSA) is 87.7 Å². The summed E-state index contributed by atoms with van der Waals surface area (Å²) < 4.78 is 30.5. The molecule has 8 heteroatoms. The second-order valence-electron chi connectivity index (χ2n) is 5.34. The normalized spacial score (nSPS) is 24.2. The molecule has 0 spiro atoms. The molecule has 2 fully saturated rings. The smallest absolute Gasteiger partial charge is 0.254 e. The Morgan fingerprint density at radius 3 is 2.68 bits per heavy atom. The van der Waals surface area contributed by atoms with E-state index in [1.807, 2.05) is 0 Å². The molecule has 0 saturated carbocycles. The lowest BCUT2D eigenvalue weighted by Crippen LogP contribution is -2.45. The van der Waals surface area contributed by atoms with E-state index in [1.165, 1.54) is 4.31 Å². The molecule has 1 unspecified atom stereocenters. The van der Waals surface area contributed by atoms with Gasteiger partial charge in [0.25, 0.3) is 5.91 Å². The van der Waals surface area contributed by atoms with Gasteiger partial charge in [-0.3, -0.25) is 9.10 Å². The number of rotatable bonds is 3. The van der Waals surface area contributed by atoms with Crippen molar-refractivity contribution in [1.82, 2.24) is 5.32 Å². The van der Waals surface area contributed by atoms with E-state index >= 15 is 0 Å². The van der Waals surface area contributed by atoms with E-state index < -0.39 is 16.1 Å². The van der Waals surface area contributed by atoms with E-state index in [-0.39, 0.29) is 11.7 Å². The first kappa shape index (κ1) is 15.3. The fourth-order valence-electron chi connectivity index (χ4n) is 2.60. The number of carbonyl (C=O) groups is 1. The van der Waals surface area contributed by atoms with Crippen LogP contribution < -0.4 is 14.9 Å². The second-order valence-corrected chi connectivity index (χ2v) is 7.35. The number of hydrogen-bond acceptors (Lipinski definition) is 5. The van der Waals surface area contributed by atoms with Crippen LogP contribution in [0.2, 0.25) is 0 Å². The molecule has 2 aliphatic rings. The van der Waals surface area contributed by atoms with E-state index in [0.717, 1.165) is 6.54 Å². The number of carbonyl (C=O) groups excluding carboxylic acids is 1. The summed E-state index contributed by atoms with van der Waals surface area (Å²) in [5.74, 6) is -0.00827. The van der Waals surface area contributed by atoms with Gasteiger partial charge in [-0.05, 0) is 30.7 Å². The van der Waals surface area contributed by atoms with E-state index in [4.69, 9.17) is 4.74 Å². The molecule has 1 aromatic carbocycles. The summed E-state index contributed by atoms with van der Waals surface area (Å²) in [6, 6.07) is 6.82. The van der Waals surface area contributed by atoms with Crippen molar-refractivity contribution >= 4 is 27.3 Å². The van der Waals surface area contributed by atoms with Gasteiger partial charge in [-0.1, -0.05) is 0 Å². The van der Waals surface area contributed by atoms with Crippen molar-refractivity contribution in [2.24, 2.45) is 0 Å². The maximum Gasteiger partial charge on any atom is 0.254 e. The minimum atomic E-state index is -3.18. The van der Waals surface area contributed by atoms with Crippen LogP contribution in [0.15, 0.2) is 24.3 Å². The largest absolute Gasteiger partial charge is 0.366 e. The number of nitrogens with zero attached hydrogens (tertiary/aromatic N) is 1. The average molecular weight is 325 g/mol. The number of sulfonamides is 1. The molecule has 7 nitrogen and oxygen atoms in total. The third kappa shape index (κ3) is 3.23. The fraction of sp³-hybridized carbons (Fsp3) is 0.500. The first-order chi connectivity index (χ1) is 10.6. The molecule has 2 saturated heterocycles. The van der Waals surface area contributed by atoms with Gasteiger partial charge in [-0.15, -0.1) is 0 Å². The summed E-state index contributed by atoms with van der Waals surface area (Å²) in [6.45, 7) is 2.28. The fourth-order valence-corrected chi connectivity index (χ4v) is 4.16. The molecule has 3 rings (SSSR count). The second kappa shape index (κ2) is 6.23. The number of hydrogen-bond donors (Lipinski definition) is 2. The van der Waals surface area contributed by atoms with Crippen molar-refractivity contribution < 1.29 is 17.9 Å². The summed E-state index contributed by atoms with van der Waals surface area (Å²) in [5, 5.41) is 5.88. The summed E-state index contributed by atoms with van der Waals surface area (Å²) in [7, 11) is -3.18. The first-order valence-electron chi connectivity index (χ1n) is 7.30. The summed E-state index contributed by atoms with van der Waals surface area (Å²) in [4.78, 5) is 12.0. The zero-order valence-corrected chi connectivity index (χ0v) is 12.9. The maximum absolute atomic E-state index is 12.0. The standard InChI is InChI=1S/C14H19N3O4S/c18-14(13-10-15-6-8-21-13)16-11-2-4-12(5-3-11)17-7-1-9-22(17,19)20/h2-5,13,15H,1,6-10H2,(H,16,18). The Morgan fingerprint density at radius 1 is 1.32 bits per heavy atom. The van der Waals surface area contributed by atoms with Crippen molar-refractivity contribution in [3.63, 3.8) is 0 Å². The Kier molecular flexibility index (Phi) is 4.32. The molecule has 0 bridgehead atoms. The number of anilines is 2. The van der Waals surface area contributed by atoms with E-state index in [0.29, 0.717) is 37.5 Å². The van der Waals surface area contributed by atoms with E-state index in [2.05, 4.69) is 10.6 Å². The van der Waals surface area contributed by atoms with Crippen LogP contribution in [0.5, 0.6) is 0 Å². The summed E-state index contributed by atoms with van der Waals surface area (Å²) in [5.41, 5.74) is 1.26. The maximum atomic E-state index is 12.0. The highest BCUT2D eigenvalue weighted by Crippen LogP contribution is 2.25. The molecule has 1 amide bonds. The van der Waals surface area contributed by atoms with Crippen molar-refractivity contribution in [1.29, 1.82) is 0 Å². The Labute approximate surface area is 129 Å². The number of morpholine rings is 1. The third-order valence-corrected chi connectivity index (χ3v) is 5.61. The van der Waals surface area contributed by atoms with Gasteiger partial charge in [0.05, 0.1) is 18.0 Å². The molecule has 0 aliphatic carbocycles. The van der Waals surface area contributed by atoms with Crippen LogP contribution in [0.25, 0.3) is 0 Å². The SMILES string of the molecule is O=C(Nc1ccc(N2CCCS2(=O)=O)cc1)C1CNCCO1. The van der Waals surface area contributed by atoms with Crippen LogP contribution in [0, 0.1) is 0 Å². The van der Waals surface area contributed by atoms with E-state index in [1.54, 1.807) is 24.3 Å².